The predicted octanol–water partition coefficient (Wildman–Crippen LogP) is 3.90. The van der Waals surface area contributed by atoms with E-state index in [-0.39, 0.29) is 5.91 Å². The third-order valence-corrected chi connectivity index (χ3v) is 3.94. The van der Waals surface area contributed by atoms with Crippen molar-refractivity contribution in [3.05, 3.63) is 46.8 Å². The topological polar surface area (TPSA) is 55.1 Å². The Kier molecular flexibility index (Phi) is 2.89. The maximum atomic E-state index is 11.9. The number of nitrogens with zero attached hydrogens (tertiary/aromatic N) is 1. The highest BCUT2D eigenvalue weighted by Crippen LogP contribution is 2.26. The molecule has 1 N–H and O–H groups in total. The van der Waals surface area contributed by atoms with Crippen LogP contribution in [0.2, 0.25) is 0 Å². The SMILES string of the molecule is O=C(Nc1nc2ccccc2s1)c1ccoc1Br. The summed E-state index contributed by atoms with van der Waals surface area (Å²) in [5.74, 6) is -0.241. The third-order valence-electron chi connectivity index (χ3n) is 2.38. The van der Waals surface area contributed by atoms with Gasteiger partial charge < -0.3 is 4.42 Å². The number of rotatable bonds is 2. The summed E-state index contributed by atoms with van der Waals surface area (Å²) in [6.45, 7) is 0. The minimum absolute atomic E-state index is 0.241. The molecule has 0 saturated heterocycles. The second-order valence-electron chi connectivity index (χ2n) is 3.55. The zero-order valence-electron chi connectivity index (χ0n) is 9.01. The fourth-order valence-corrected chi connectivity index (χ4v) is 2.83. The Morgan fingerprint density at radius 2 is 2.17 bits per heavy atom. The van der Waals surface area contributed by atoms with Gasteiger partial charge in [-0.1, -0.05) is 23.5 Å². The van der Waals surface area contributed by atoms with Gasteiger partial charge in [-0.25, -0.2) is 4.98 Å². The van der Waals surface area contributed by atoms with E-state index in [0.717, 1.165) is 10.2 Å². The van der Waals surface area contributed by atoms with Gasteiger partial charge in [0.1, 0.15) is 0 Å². The van der Waals surface area contributed by atoms with Gasteiger partial charge in [-0.2, -0.15) is 0 Å². The molecule has 2 heterocycles. The molecule has 2 aromatic heterocycles. The lowest BCUT2D eigenvalue weighted by atomic mass is 10.3. The van der Waals surface area contributed by atoms with E-state index >= 15 is 0 Å². The Labute approximate surface area is 115 Å². The van der Waals surface area contributed by atoms with E-state index in [0.29, 0.717) is 15.4 Å². The molecule has 0 bridgehead atoms. The highest BCUT2D eigenvalue weighted by atomic mass is 79.9. The fraction of sp³-hybridized carbons (Fsp3) is 0. The van der Waals surface area contributed by atoms with Gasteiger partial charge in [0.2, 0.25) is 0 Å². The van der Waals surface area contributed by atoms with Gasteiger partial charge in [0.05, 0.1) is 22.0 Å². The number of hydrogen-bond acceptors (Lipinski definition) is 4. The van der Waals surface area contributed by atoms with Crippen molar-refractivity contribution < 1.29 is 9.21 Å². The number of amides is 1. The number of aromatic nitrogens is 1. The van der Waals surface area contributed by atoms with E-state index in [9.17, 15) is 4.79 Å². The summed E-state index contributed by atoms with van der Waals surface area (Å²) in [4.78, 5) is 16.3. The molecule has 0 aliphatic heterocycles. The smallest absolute Gasteiger partial charge is 0.261 e. The van der Waals surface area contributed by atoms with Crippen molar-refractivity contribution in [2.24, 2.45) is 0 Å². The van der Waals surface area contributed by atoms with E-state index in [1.54, 1.807) is 6.07 Å². The zero-order chi connectivity index (χ0) is 12.5. The summed E-state index contributed by atoms with van der Waals surface area (Å²) in [6, 6.07) is 9.34. The van der Waals surface area contributed by atoms with Crippen LogP contribution < -0.4 is 5.32 Å². The number of anilines is 1. The molecule has 3 rings (SSSR count). The molecule has 0 unspecified atom stereocenters. The van der Waals surface area contributed by atoms with Crippen LogP contribution in [0.4, 0.5) is 5.13 Å². The molecule has 6 heteroatoms. The number of furan rings is 1. The summed E-state index contributed by atoms with van der Waals surface area (Å²) in [7, 11) is 0. The van der Waals surface area contributed by atoms with E-state index in [4.69, 9.17) is 4.42 Å². The van der Waals surface area contributed by atoms with Crippen molar-refractivity contribution in [2.75, 3.05) is 5.32 Å². The van der Waals surface area contributed by atoms with Gasteiger partial charge in [-0.15, -0.1) is 0 Å². The van der Waals surface area contributed by atoms with Crippen LogP contribution in [-0.2, 0) is 0 Å². The van der Waals surface area contributed by atoms with Gasteiger partial charge >= 0.3 is 0 Å². The van der Waals surface area contributed by atoms with Crippen molar-refractivity contribution in [3.63, 3.8) is 0 Å². The zero-order valence-corrected chi connectivity index (χ0v) is 11.4. The van der Waals surface area contributed by atoms with Crippen LogP contribution in [0.15, 0.2) is 45.7 Å². The van der Waals surface area contributed by atoms with E-state index < -0.39 is 0 Å². The molecule has 0 spiro atoms. The minimum atomic E-state index is -0.241. The summed E-state index contributed by atoms with van der Waals surface area (Å²) in [5, 5.41) is 3.33. The summed E-state index contributed by atoms with van der Waals surface area (Å²) in [6.07, 6.45) is 1.46. The maximum absolute atomic E-state index is 11.9. The molecule has 1 aromatic carbocycles. The maximum Gasteiger partial charge on any atom is 0.261 e. The Bertz CT molecular complexity index is 687. The lowest BCUT2D eigenvalue weighted by Gasteiger charge is -1.98. The number of thiazole rings is 1. The van der Waals surface area contributed by atoms with Crippen LogP contribution in [0, 0.1) is 0 Å². The second-order valence-corrected chi connectivity index (χ2v) is 5.30. The first-order chi connectivity index (χ1) is 8.74. The van der Waals surface area contributed by atoms with Crippen LogP contribution in [-0.4, -0.2) is 10.9 Å². The molecule has 0 saturated carbocycles. The monoisotopic (exact) mass is 322 g/mol. The van der Waals surface area contributed by atoms with E-state index in [2.05, 4.69) is 26.2 Å². The first kappa shape index (κ1) is 11.4. The number of halogens is 1. The number of hydrogen-bond donors (Lipinski definition) is 1. The fourth-order valence-electron chi connectivity index (χ4n) is 1.55. The second kappa shape index (κ2) is 4.55. The van der Waals surface area contributed by atoms with Crippen LogP contribution in [0.1, 0.15) is 10.4 Å². The molecule has 0 fully saturated rings. The number of carbonyl (C=O) groups excluding carboxylic acids is 1. The average Bonchev–Trinajstić information content (AvgIpc) is 2.94. The molecular weight excluding hydrogens is 316 g/mol. The van der Waals surface area contributed by atoms with Gasteiger partial charge in [0.15, 0.2) is 9.80 Å². The first-order valence-electron chi connectivity index (χ1n) is 5.14. The van der Waals surface area contributed by atoms with Gasteiger partial charge in [-0.05, 0) is 34.1 Å². The van der Waals surface area contributed by atoms with Gasteiger partial charge in [0.25, 0.3) is 5.91 Å². The van der Waals surface area contributed by atoms with Crippen LogP contribution in [0.5, 0.6) is 0 Å². The van der Waals surface area contributed by atoms with Crippen molar-refractivity contribution in [3.8, 4) is 0 Å². The lowest BCUT2D eigenvalue weighted by molar-refractivity contribution is 0.102. The molecule has 90 valence electrons. The molecule has 1 amide bonds. The standard InChI is InChI=1S/C12H7BrN2O2S/c13-10-7(5-6-17-10)11(16)15-12-14-8-3-1-2-4-9(8)18-12/h1-6H,(H,14,15,16). The molecular formula is C12H7BrN2O2S. The summed E-state index contributed by atoms with van der Waals surface area (Å²) in [5.41, 5.74) is 1.33. The summed E-state index contributed by atoms with van der Waals surface area (Å²) >= 11 is 4.61. The number of nitrogens with one attached hydrogen (secondary N) is 1. The molecule has 3 aromatic rings. The summed E-state index contributed by atoms with van der Waals surface area (Å²) < 4.78 is 6.48. The molecule has 4 nitrogen and oxygen atoms in total. The Hall–Kier alpha value is -1.66. The third kappa shape index (κ3) is 2.04. The molecule has 0 aliphatic carbocycles. The van der Waals surface area contributed by atoms with Crippen molar-refractivity contribution in [1.82, 2.24) is 4.98 Å². The van der Waals surface area contributed by atoms with Gasteiger partial charge in [0, 0.05) is 0 Å². The first-order valence-corrected chi connectivity index (χ1v) is 6.75. The highest BCUT2D eigenvalue weighted by molar-refractivity contribution is 9.10. The number of fused-ring (bicyclic) bond motifs is 1. The van der Waals surface area contributed by atoms with Crippen molar-refractivity contribution in [2.45, 2.75) is 0 Å². The molecule has 18 heavy (non-hydrogen) atoms. The van der Waals surface area contributed by atoms with E-state index in [1.807, 2.05) is 24.3 Å². The Morgan fingerprint density at radius 1 is 1.33 bits per heavy atom. The van der Waals surface area contributed by atoms with Crippen molar-refractivity contribution >= 4 is 48.5 Å². The number of para-hydroxylation sites is 1. The normalized spacial score (nSPS) is 10.7. The van der Waals surface area contributed by atoms with Crippen LogP contribution in [0.3, 0.4) is 0 Å². The molecule has 0 radical (unpaired) electrons. The number of benzene rings is 1. The van der Waals surface area contributed by atoms with Gasteiger partial charge in [-0.3, -0.25) is 10.1 Å². The molecule has 0 aliphatic rings. The van der Waals surface area contributed by atoms with Crippen molar-refractivity contribution in [1.29, 1.82) is 0 Å². The Morgan fingerprint density at radius 3 is 2.89 bits per heavy atom. The largest absolute Gasteiger partial charge is 0.457 e. The van der Waals surface area contributed by atoms with Crippen LogP contribution >= 0.6 is 27.3 Å². The predicted molar refractivity (Wildman–Crippen MR) is 74.0 cm³/mol. The quantitative estimate of drug-likeness (QED) is 0.778. The average molecular weight is 323 g/mol. The number of carbonyl (C=O) groups is 1. The van der Waals surface area contributed by atoms with Crippen LogP contribution in [0.25, 0.3) is 10.2 Å². The minimum Gasteiger partial charge on any atom is -0.457 e. The Balaban J connectivity index is 1.88. The van der Waals surface area contributed by atoms with E-state index in [1.165, 1.54) is 17.6 Å². The molecule has 0 atom stereocenters. The lowest BCUT2D eigenvalue weighted by Crippen LogP contribution is -2.11. The highest BCUT2D eigenvalue weighted by Gasteiger charge is 2.14.